The maximum Gasteiger partial charge on any atom is 0.230 e. The smallest absolute Gasteiger partial charge is 0.230 e. The fraction of sp³-hybridized carbons (Fsp3) is 0.0800. The molecule has 2 nitrogen and oxygen atoms in total. The number of aryl methyl sites for hydroxylation is 1. The van der Waals surface area contributed by atoms with Crippen molar-refractivity contribution in [1.29, 1.82) is 0 Å². The predicted molar refractivity (Wildman–Crippen MR) is 112 cm³/mol. The summed E-state index contributed by atoms with van der Waals surface area (Å²) in [5.74, 6) is 0. The number of hydrogen-bond acceptors (Lipinski definition) is 0. The van der Waals surface area contributed by atoms with Crippen molar-refractivity contribution in [3.8, 4) is 11.1 Å². The molecule has 3 aromatic carbocycles. The van der Waals surface area contributed by atoms with Gasteiger partial charge in [0.05, 0.1) is 19.4 Å². The first-order valence-electron chi connectivity index (χ1n) is 9.20. The maximum atomic E-state index is 3.57. The molecule has 2 heterocycles. The molecule has 2 heteroatoms. The summed E-state index contributed by atoms with van der Waals surface area (Å²) in [6, 6.07) is 27.9. The number of rotatable bonds is 1. The van der Waals surface area contributed by atoms with Crippen molar-refractivity contribution in [2.45, 2.75) is 6.92 Å². The lowest BCUT2D eigenvalue weighted by Crippen LogP contribution is -2.31. The van der Waals surface area contributed by atoms with Gasteiger partial charge in [-0.25, -0.2) is 0 Å². The average Bonchev–Trinajstić information content (AvgIpc) is 3.04. The molecule has 1 aliphatic heterocycles. The molecule has 0 N–H and O–H groups in total. The van der Waals surface area contributed by atoms with Crippen LogP contribution in [-0.4, -0.2) is 4.57 Å². The second-order valence-electron chi connectivity index (χ2n) is 7.00. The summed E-state index contributed by atoms with van der Waals surface area (Å²) >= 11 is 0. The average molecular weight is 348 g/mol. The van der Waals surface area contributed by atoms with Crippen LogP contribution in [0.4, 0.5) is 0 Å². The summed E-state index contributed by atoms with van der Waals surface area (Å²) in [7, 11) is 2.10. The Kier molecular flexibility index (Phi) is 3.58. The van der Waals surface area contributed by atoms with E-state index in [0.29, 0.717) is 0 Å². The number of pyridine rings is 1. The van der Waals surface area contributed by atoms with Crippen LogP contribution in [0.15, 0.2) is 85.1 Å². The van der Waals surface area contributed by atoms with Gasteiger partial charge < -0.3 is 4.58 Å². The lowest BCUT2D eigenvalue weighted by molar-refractivity contribution is 0.797. The highest BCUT2D eigenvalue weighted by Crippen LogP contribution is 2.22. The van der Waals surface area contributed by atoms with Crippen LogP contribution in [0.3, 0.4) is 0 Å². The van der Waals surface area contributed by atoms with Crippen molar-refractivity contribution in [2.75, 3.05) is 0 Å². The minimum absolute atomic E-state index is 1.14. The zero-order valence-electron chi connectivity index (χ0n) is 15.5. The van der Waals surface area contributed by atoms with Crippen molar-refractivity contribution in [3.63, 3.8) is 0 Å². The first-order chi connectivity index (χ1) is 13.2. The van der Waals surface area contributed by atoms with Crippen LogP contribution in [0, 0.1) is 0 Å². The second kappa shape index (κ2) is 6.10. The Hall–Kier alpha value is -3.39. The molecule has 0 atom stereocenters. The summed E-state index contributed by atoms with van der Waals surface area (Å²) in [5, 5.41) is 4.84. The van der Waals surface area contributed by atoms with Gasteiger partial charge in [0, 0.05) is 11.1 Å². The standard InChI is InChI=1S/C25H20N2/c1-18-23-11-7-6-10-22(23)17-27(18)25-24-16-21(19-8-4-3-5-9-19)13-12-20(24)14-15-26(25)2/h3-16H,1-2H3. The molecule has 0 aliphatic carbocycles. The highest BCUT2D eigenvalue weighted by atomic mass is 15.1. The molecule has 130 valence electrons. The predicted octanol–water partition coefficient (Wildman–Crippen LogP) is 3.07. The van der Waals surface area contributed by atoms with E-state index in [4.69, 9.17) is 0 Å². The highest BCUT2D eigenvalue weighted by molar-refractivity contribution is 5.87. The fourth-order valence-corrected chi connectivity index (χ4v) is 3.87. The van der Waals surface area contributed by atoms with Gasteiger partial charge in [0.25, 0.3) is 0 Å². The quantitative estimate of drug-likeness (QED) is 0.369. The Labute approximate surface area is 158 Å². The number of nitrogens with zero attached hydrogens (tertiary/aromatic N) is 2. The molecule has 0 saturated heterocycles. The maximum absolute atomic E-state index is 3.57. The lowest BCUT2D eigenvalue weighted by atomic mass is 10.0. The van der Waals surface area contributed by atoms with Crippen LogP contribution in [0.1, 0.15) is 6.92 Å². The zero-order chi connectivity index (χ0) is 18.4. The van der Waals surface area contributed by atoms with Gasteiger partial charge in [-0.1, -0.05) is 71.1 Å². The van der Waals surface area contributed by atoms with Gasteiger partial charge in [0.2, 0.25) is 5.49 Å². The molecule has 0 spiro atoms. The van der Waals surface area contributed by atoms with E-state index < -0.39 is 0 Å². The molecular formula is C25H20N2. The summed E-state index contributed by atoms with van der Waals surface area (Å²) in [4.78, 5) is 0. The Morgan fingerprint density at radius 3 is 2.41 bits per heavy atom. The van der Waals surface area contributed by atoms with E-state index >= 15 is 0 Å². The molecule has 0 unspecified atom stereocenters. The lowest BCUT2D eigenvalue weighted by Gasteiger charge is -2.10. The third-order valence-corrected chi connectivity index (χ3v) is 5.31. The first-order valence-corrected chi connectivity index (χ1v) is 9.20. The first kappa shape index (κ1) is 15.8. The number of fused-ring (bicyclic) bond motifs is 2. The van der Waals surface area contributed by atoms with Gasteiger partial charge >= 0.3 is 0 Å². The van der Waals surface area contributed by atoms with Crippen molar-refractivity contribution in [2.24, 2.45) is 7.05 Å². The minimum Gasteiger partial charge on any atom is -0.302 e. The molecule has 0 radical (unpaired) electrons. The normalized spacial score (nSPS) is 15.0. The van der Waals surface area contributed by atoms with Gasteiger partial charge in [0.15, 0.2) is 0 Å². The van der Waals surface area contributed by atoms with Gasteiger partial charge in [-0.2, -0.15) is 0 Å². The Balaban J connectivity index is 1.91. The van der Waals surface area contributed by atoms with E-state index in [1.54, 1.807) is 0 Å². The summed E-state index contributed by atoms with van der Waals surface area (Å²) in [6.07, 6.45) is 5.69. The SMILES string of the molecule is CC1=c2ccccc2=[C-][N+]1=c1c2cc(-c3ccccc3)ccc2ccn1C. The van der Waals surface area contributed by atoms with Gasteiger partial charge in [-0.3, -0.25) is 4.57 Å². The summed E-state index contributed by atoms with van der Waals surface area (Å²) in [5.41, 5.74) is 4.80. The molecule has 4 aromatic rings. The van der Waals surface area contributed by atoms with E-state index in [9.17, 15) is 0 Å². The molecule has 0 saturated carbocycles. The molecule has 0 bridgehead atoms. The topological polar surface area (TPSA) is 7.94 Å². The van der Waals surface area contributed by atoms with Crippen molar-refractivity contribution >= 4 is 22.7 Å². The van der Waals surface area contributed by atoms with E-state index in [0.717, 1.165) is 10.7 Å². The third kappa shape index (κ3) is 2.53. The van der Waals surface area contributed by atoms with Crippen LogP contribution >= 0.6 is 0 Å². The number of aromatic nitrogens is 1. The molecular weight excluding hydrogens is 328 g/mol. The molecule has 0 amide bonds. The van der Waals surface area contributed by atoms with Crippen LogP contribution in [0.5, 0.6) is 0 Å². The zero-order valence-corrected chi connectivity index (χ0v) is 15.5. The molecule has 27 heavy (non-hydrogen) atoms. The Morgan fingerprint density at radius 2 is 1.59 bits per heavy atom. The largest absolute Gasteiger partial charge is 0.302 e. The van der Waals surface area contributed by atoms with Crippen molar-refractivity contribution < 1.29 is 0 Å². The van der Waals surface area contributed by atoms with Gasteiger partial charge in [-0.05, 0) is 35.6 Å². The highest BCUT2D eigenvalue weighted by Gasteiger charge is 2.10. The Bertz CT molecular complexity index is 1370. The van der Waals surface area contributed by atoms with Gasteiger partial charge in [-0.15, -0.1) is 6.07 Å². The molecule has 1 aromatic heterocycles. The summed E-state index contributed by atoms with van der Waals surface area (Å²) in [6.45, 7) is 2.17. The van der Waals surface area contributed by atoms with Crippen LogP contribution < -0.4 is 20.5 Å². The van der Waals surface area contributed by atoms with Crippen LogP contribution in [0.25, 0.3) is 33.8 Å². The van der Waals surface area contributed by atoms with E-state index in [1.165, 1.54) is 32.8 Å². The molecule has 5 rings (SSSR count). The minimum atomic E-state index is 1.14. The van der Waals surface area contributed by atoms with Crippen molar-refractivity contribution in [1.82, 2.24) is 9.14 Å². The monoisotopic (exact) mass is 348 g/mol. The van der Waals surface area contributed by atoms with Gasteiger partial charge in [0.1, 0.15) is 0 Å². The number of benzene rings is 3. The second-order valence-corrected chi connectivity index (χ2v) is 7.00. The summed E-state index contributed by atoms with van der Waals surface area (Å²) < 4.78 is 4.38. The van der Waals surface area contributed by atoms with Crippen molar-refractivity contribution in [3.05, 3.63) is 101 Å². The van der Waals surface area contributed by atoms with E-state index in [1.807, 2.05) is 0 Å². The van der Waals surface area contributed by atoms with Crippen LogP contribution in [-0.2, 0) is 7.05 Å². The third-order valence-electron chi connectivity index (χ3n) is 5.31. The fourth-order valence-electron chi connectivity index (χ4n) is 3.87. The van der Waals surface area contributed by atoms with Crippen LogP contribution in [0.2, 0.25) is 0 Å². The Morgan fingerprint density at radius 1 is 0.815 bits per heavy atom. The molecule has 0 fully saturated rings. The van der Waals surface area contributed by atoms with E-state index in [-0.39, 0.29) is 0 Å². The molecule has 1 aliphatic rings. The van der Waals surface area contributed by atoms with E-state index in [2.05, 4.69) is 114 Å². The number of hydrogen-bond donors (Lipinski definition) is 0.